The average molecular weight is 179 g/mol. The molecule has 2 aromatic rings. The topological polar surface area (TPSA) is 43.8 Å². The third-order valence-corrected chi connectivity index (χ3v) is 2.16. The van der Waals surface area contributed by atoms with Crippen molar-refractivity contribution in [3.05, 3.63) is 23.5 Å². The minimum absolute atomic E-state index is 0.243. The number of aromatic nitrogens is 2. The zero-order chi connectivity index (χ0) is 9.59. The SMILES string of the molecule is Cc1cc2c(cc1F)c(N)nn2C. The quantitative estimate of drug-likeness (QED) is 0.667. The van der Waals surface area contributed by atoms with Gasteiger partial charge < -0.3 is 5.73 Å². The summed E-state index contributed by atoms with van der Waals surface area (Å²) in [7, 11) is 1.79. The summed E-state index contributed by atoms with van der Waals surface area (Å²) in [6.07, 6.45) is 0. The lowest BCUT2D eigenvalue weighted by Crippen LogP contribution is -1.91. The van der Waals surface area contributed by atoms with Gasteiger partial charge in [-0.3, -0.25) is 4.68 Å². The van der Waals surface area contributed by atoms with Gasteiger partial charge >= 0.3 is 0 Å². The maximum atomic E-state index is 13.1. The van der Waals surface area contributed by atoms with E-state index in [1.54, 1.807) is 24.7 Å². The first-order valence-corrected chi connectivity index (χ1v) is 3.98. The van der Waals surface area contributed by atoms with Crippen molar-refractivity contribution in [2.24, 2.45) is 7.05 Å². The van der Waals surface area contributed by atoms with E-state index in [1.807, 2.05) is 0 Å². The first kappa shape index (κ1) is 8.04. The van der Waals surface area contributed by atoms with Gasteiger partial charge in [-0.15, -0.1) is 0 Å². The molecule has 2 rings (SSSR count). The third-order valence-electron chi connectivity index (χ3n) is 2.16. The molecule has 0 spiro atoms. The molecule has 0 amide bonds. The number of hydrogen-bond acceptors (Lipinski definition) is 2. The fourth-order valence-corrected chi connectivity index (χ4v) is 1.41. The molecule has 0 fully saturated rings. The molecule has 0 saturated carbocycles. The fraction of sp³-hybridized carbons (Fsp3) is 0.222. The van der Waals surface area contributed by atoms with Crippen LogP contribution in [0.4, 0.5) is 10.2 Å². The van der Waals surface area contributed by atoms with E-state index in [4.69, 9.17) is 5.73 Å². The van der Waals surface area contributed by atoms with Crippen LogP contribution in [0.25, 0.3) is 10.9 Å². The summed E-state index contributed by atoms with van der Waals surface area (Å²) >= 11 is 0. The number of fused-ring (bicyclic) bond motifs is 1. The number of nitrogen functional groups attached to an aromatic ring is 1. The number of nitrogens with two attached hydrogens (primary N) is 1. The molecule has 1 aromatic carbocycles. The second-order valence-electron chi connectivity index (χ2n) is 3.13. The highest BCUT2D eigenvalue weighted by Gasteiger charge is 2.08. The van der Waals surface area contributed by atoms with Crippen LogP contribution in [0, 0.1) is 12.7 Å². The van der Waals surface area contributed by atoms with Gasteiger partial charge in [-0.05, 0) is 24.6 Å². The van der Waals surface area contributed by atoms with Gasteiger partial charge in [0.05, 0.1) is 5.52 Å². The van der Waals surface area contributed by atoms with Crippen molar-refractivity contribution in [1.29, 1.82) is 0 Å². The highest BCUT2D eigenvalue weighted by molar-refractivity contribution is 5.89. The molecule has 0 aliphatic heterocycles. The van der Waals surface area contributed by atoms with Crippen LogP contribution in [-0.2, 0) is 7.05 Å². The molecule has 4 heteroatoms. The van der Waals surface area contributed by atoms with Gasteiger partial charge in [0, 0.05) is 12.4 Å². The van der Waals surface area contributed by atoms with Crippen molar-refractivity contribution in [3.63, 3.8) is 0 Å². The molecule has 0 atom stereocenters. The molecule has 0 unspecified atom stereocenters. The Hall–Kier alpha value is -1.58. The Kier molecular flexibility index (Phi) is 1.52. The lowest BCUT2D eigenvalue weighted by molar-refractivity contribution is 0.620. The predicted octanol–water partition coefficient (Wildman–Crippen LogP) is 1.60. The Balaban J connectivity index is 2.91. The van der Waals surface area contributed by atoms with E-state index in [2.05, 4.69) is 5.10 Å². The third kappa shape index (κ3) is 1.06. The van der Waals surface area contributed by atoms with E-state index in [0.717, 1.165) is 5.52 Å². The molecular formula is C9H10FN3. The van der Waals surface area contributed by atoms with Crippen molar-refractivity contribution in [2.75, 3.05) is 5.73 Å². The molecule has 1 heterocycles. The minimum Gasteiger partial charge on any atom is -0.382 e. The van der Waals surface area contributed by atoms with Gasteiger partial charge in [0.1, 0.15) is 5.82 Å². The van der Waals surface area contributed by atoms with Crippen LogP contribution in [0.15, 0.2) is 12.1 Å². The van der Waals surface area contributed by atoms with Crippen LogP contribution in [0.2, 0.25) is 0 Å². The highest BCUT2D eigenvalue weighted by atomic mass is 19.1. The first-order chi connectivity index (χ1) is 6.09. The van der Waals surface area contributed by atoms with Crippen LogP contribution in [0.1, 0.15) is 5.56 Å². The van der Waals surface area contributed by atoms with Crippen molar-refractivity contribution in [1.82, 2.24) is 9.78 Å². The van der Waals surface area contributed by atoms with E-state index < -0.39 is 0 Å². The molecule has 0 radical (unpaired) electrons. The molecule has 3 nitrogen and oxygen atoms in total. The maximum absolute atomic E-state index is 13.1. The van der Waals surface area contributed by atoms with E-state index in [0.29, 0.717) is 16.8 Å². The molecule has 0 saturated heterocycles. The van der Waals surface area contributed by atoms with Crippen molar-refractivity contribution < 1.29 is 4.39 Å². The smallest absolute Gasteiger partial charge is 0.153 e. The Labute approximate surface area is 75.0 Å². The summed E-state index contributed by atoms with van der Waals surface area (Å²) < 4.78 is 14.8. The molecule has 2 N–H and O–H groups in total. The van der Waals surface area contributed by atoms with Crippen molar-refractivity contribution in [3.8, 4) is 0 Å². The Morgan fingerprint density at radius 3 is 2.85 bits per heavy atom. The van der Waals surface area contributed by atoms with Gasteiger partial charge in [-0.2, -0.15) is 5.10 Å². The Morgan fingerprint density at radius 1 is 1.46 bits per heavy atom. The van der Waals surface area contributed by atoms with Crippen LogP contribution in [0.5, 0.6) is 0 Å². The van der Waals surface area contributed by atoms with Crippen LogP contribution in [-0.4, -0.2) is 9.78 Å². The highest BCUT2D eigenvalue weighted by Crippen LogP contribution is 2.22. The second kappa shape index (κ2) is 2.45. The normalized spacial score (nSPS) is 11.0. The summed E-state index contributed by atoms with van der Waals surface area (Å²) in [4.78, 5) is 0. The molecular weight excluding hydrogens is 169 g/mol. The number of aryl methyl sites for hydroxylation is 2. The summed E-state index contributed by atoms with van der Waals surface area (Å²) in [5.74, 6) is 0.128. The summed E-state index contributed by atoms with van der Waals surface area (Å²) in [6.45, 7) is 1.72. The largest absolute Gasteiger partial charge is 0.382 e. The predicted molar refractivity (Wildman–Crippen MR) is 49.8 cm³/mol. The zero-order valence-electron chi connectivity index (χ0n) is 7.50. The van der Waals surface area contributed by atoms with Crippen molar-refractivity contribution in [2.45, 2.75) is 6.92 Å². The van der Waals surface area contributed by atoms with Gasteiger partial charge in [0.15, 0.2) is 5.82 Å². The Bertz CT molecular complexity index is 431. The number of nitrogens with zero attached hydrogens (tertiary/aromatic N) is 2. The van der Waals surface area contributed by atoms with Crippen LogP contribution >= 0.6 is 0 Å². The monoisotopic (exact) mass is 179 g/mol. The zero-order valence-corrected chi connectivity index (χ0v) is 7.50. The van der Waals surface area contributed by atoms with E-state index in [-0.39, 0.29) is 5.82 Å². The fourth-order valence-electron chi connectivity index (χ4n) is 1.41. The molecule has 13 heavy (non-hydrogen) atoms. The van der Waals surface area contributed by atoms with Gasteiger partial charge in [0.25, 0.3) is 0 Å². The summed E-state index contributed by atoms with van der Waals surface area (Å²) in [5, 5.41) is 4.67. The maximum Gasteiger partial charge on any atom is 0.153 e. The molecule has 0 aliphatic carbocycles. The number of rotatable bonds is 0. The van der Waals surface area contributed by atoms with Gasteiger partial charge in [-0.1, -0.05) is 0 Å². The van der Waals surface area contributed by atoms with Gasteiger partial charge in [0.2, 0.25) is 0 Å². The number of hydrogen-bond donors (Lipinski definition) is 1. The number of anilines is 1. The average Bonchev–Trinajstić information content (AvgIpc) is 2.31. The van der Waals surface area contributed by atoms with E-state index in [1.165, 1.54) is 6.07 Å². The number of halogens is 1. The van der Waals surface area contributed by atoms with Crippen LogP contribution in [0.3, 0.4) is 0 Å². The minimum atomic E-state index is -0.243. The van der Waals surface area contributed by atoms with E-state index >= 15 is 0 Å². The van der Waals surface area contributed by atoms with Crippen LogP contribution < -0.4 is 5.73 Å². The molecule has 68 valence electrons. The standard InChI is InChI=1S/C9H10FN3/c1-5-3-8-6(4-7(5)10)9(11)12-13(8)2/h3-4H,1-2H3,(H2,11,12). The lowest BCUT2D eigenvalue weighted by Gasteiger charge is -1.97. The summed E-state index contributed by atoms with van der Waals surface area (Å²) in [6, 6.07) is 3.17. The first-order valence-electron chi connectivity index (χ1n) is 3.98. The molecule has 0 aliphatic rings. The Morgan fingerprint density at radius 2 is 2.15 bits per heavy atom. The second-order valence-corrected chi connectivity index (χ2v) is 3.13. The molecule has 1 aromatic heterocycles. The number of benzene rings is 1. The molecule has 0 bridgehead atoms. The van der Waals surface area contributed by atoms with Crippen molar-refractivity contribution >= 4 is 16.7 Å². The summed E-state index contributed by atoms with van der Waals surface area (Å²) in [5.41, 5.74) is 7.06. The van der Waals surface area contributed by atoms with Gasteiger partial charge in [-0.25, -0.2) is 4.39 Å². The van der Waals surface area contributed by atoms with E-state index in [9.17, 15) is 4.39 Å². The lowest BCUT2D eigenvalue weighted by atomic mass is 10.1.